The van der Waals surface area contributed by atoms with Crippen molar-refractivity contribution in [1.29, 1.82) is 0 Å². The Labute approximate surface area is 132 Å². The van der Waals surface area contributed by atoms with Crippen molar-refractivity contribution >= 4 is 40.4 Å². The van der Waals surface area contributed by atoms with E-state index in [2.05, 4.69) is 5.32 Å². The van der Waals surface area contributed by atoms with Crippen LogP contribution < -0.4 is 15.8 Å². The van der Waals surface area contributed by atoms with Crippen LogP contribution >= 0.6 is 23.8 Å². The van der Waals surface area contributed by atoms with E-state index >= 15 is 0 Å². The Morgan fingerprint density at radius 1 is 1.24 bits per heavy atom. The molecule has 0 radical (unpaired) electrons. The van der Waals surface area contributed by atoms with Gasteiger partial charge < -0.3 is 15.8 Å². The summed E-state index contributed by atoms with van der Waals surface area (Å²) in [6, 6.07) is 11.8. The lowest BCUT2D eigenvalue weighted by Gasteiger charge is -2.10. The number of methoxy groups -OCH3 is 1. The molecule has 4 nitrogen and oxygen atoms in total. The van der Waals surface area contributed by atoms with Crippen LogP contribution in [0.15, 0.2) is 42.5 Å². The first-order valence-electron chi connectivity index (χ1n) is 6.06. The van der Waals surface area contributed by atoms with Gasteiger partial charge in [0.05, 0.1) is 12.7 Å². The van der Waals surface area contributed by atoms with Gasteiger partial charge in [0.2, 0.25) is 0 Å². The van der Waals surface area contributed by atoms with Gasteiger partial charge in [-0.15, -0.1) is 0 Å². The summed E-state index contributed by atoms with van der Waals surface area (Å²) < 4.78 is 5.16. The molecule has 0 aliphatic carbocycles. The predicted molar refractivity (Wildman–Crippen MR) is 88.3 cm³/mol. The number of anilines is 1. The topological polar surface area (TPSA) is 64.3 Å². The molecule has 0 aliphatic rings. The van der Waals surface area contributed by atoms with E-state index in [9.17, 15) is 4.79 Å². The molecule has 0 bridgehead atoms. The minimum Gasteiger partial charge on any atom is -0.496 e. The highest BCUT2D eigenvalue weighted by Crippen LogP contribution is 2.23. The number of amides is 1. The van der Waals surface area contributed by atoms with Crippen LogP contribution in [0.4, 0.5) is 5.69 Å². The summed E-state index contributed by atoms with van der Waals surface area (Å²) in [6.07, 6.45) is 0. The largest absolute Gasteiger partial charge is 0.496 e. The van der Waals surface area contributed by atoms with Crippen molar-refractivity contribution in [2.75, 3.05) is 12.4 Å². The second kappa shape index (κ2) is 6.56. The monoisotopic (exact) mass is 320 g/mol. The third-order valence-electron chi connectivity index (χ3n) is 2.83. The molecule has 0 atom stereocenters. The summed E-state index contributed by atoms with van der Waals surface area (Å²) in [7, 11) is 1.50. The minimum atomic E-state index is -0.308. The molecule has 108 valence electrons. The van der Waals surface area contributed by atoms with Gasteiger partial charge in [0, 0.05) is 16.3 Å². The van der Waals surface area contributed by atoms with Gasteiger partial charge in [0.25, 0.3) is 5.91 Å². The van der Waals surface area contributed by atoms with Crippen LogP contribution in [0.25, 0.3) is 0 Å². The summed E-state index contributed by atoms with van der Waals surface area (Å²) in [4.78, 5) is 12.6. The summed E-state index contributed by atoms with van der Waals surface area (Å²) in [5, 5.41) is 3.23. The van der Waals surface area contributed by atoms with Gasteiger partial charge in [0.15, 0.2) is 0 Å². The highest BCUT2D eigenvalue weighted by Gasteiger charge is 2.13. The number of carbonyl (C=O) groups excluding carboxylic acids is 1. The number of halogens is 1. The van der Waals surface area contributed by atoms with Gasteiger partial charge in [0.1, 0.15) is 10.7 Å². The fraction of sp³-hybridized carbons (Fsp3) is 0.0667. The first-order chi connectivity index (χ1) is 10.0. The maximum atomic E-state index is 12.3. The van der Waals surface area contributed by atoms with Gasteiger partial charge in [-0.2, -0.15) is 0 Å². The molecule has 21 heavy (non-hydrogen) atoms. The summed E-state index contributed by atoms with van der Waals surface area (Å²) in [5.74, 6) is 0.147. The van der Waals surface area contributed by atoms with Crippen molar-refractivity contribution in [2.45, 2.75) is 0 Å². The molecule has 3 N–H and O–H groups in total. The zero-order chi connectivity index (χ0) is 15.4. The molecule has 2 rings (SSSR count). The van der Waals surface area contributed by atoms with Crippen molar-refractivity contribution in [3.8, 4) is 5.75 Å². The van der Waals surface area contributed by atoms with Crippen LogP contribution in [0.5, 0.6) is 5.75 Å². The van der Waals surface area contributed by atoms with Gasteiger partial charge in [-0.1, -0.05) is 23.8 Å². The van der Waals surface area contributed by atoms with Crippen LogP contribution in [0.2, 0.25) is 5.02 Å². The first-order valence-corrected chi connectivity index (χ1v) is 6.84. The Hall–Kier alpha value is -2.11. The number of nitrogens with two attached hydrogens (primary N) is 1. The number of hydrogen-bond donors (Lipinski definition) is 2. The van der Waals surface area contributed by atoms with E-state index in [0.717, 1.165) is 5.56 Å². The summed E-state index contributed by atoms with van der Waals surface area (Å²) in [6.45, 7) is 0. The smallest absolute Gasteiger partial charge is 0.259 e. The molecular formula is C15H13ClN2O2S. The second-order valence-corrected chi connectivity index (χ2v) is 5.12. The maximum Gasteiger partial charge on any atom is 0.259 e. The average molecular weight is 321 g/mol. The van der Waals surface area contributed by atoms with E-state index in [1.165, 1.54) is 7.11 Å². The molecule has 0 aromatic heterocycles. The number of benzene rings is 2. The molecule has 2 aromatic carbocycles. The van der Waals surface area contributed by atoms with Crippen LogP contribution in [0.1, 0.15) is 15.9 Å². The van der Waals surface area contributed by atoms with Gasteiger partial charge in [-0.25, -0.2) is 0 Å². The predicted octanol–water partition coefficient (Wildman–Crippen LogP) is 3.24. The van der Waals surface area contributed by atoms with Crippen LogP contribution in [-0.2, 0) is 0 Å². The Balaban J connectivity index is 2.21. The summed E-state index contributed by atoms with van der Waals surface area (Å²) in [5.41, 5.74) is 7.25. The Kier molecular flexibility index (Phi) is 4.77. The van der Waals surface area contributed by atoms with Crippen LogP contribution in [0, 0.1) is 0 Å². The molecule has 2 aromatic rings. The summed E-state index contributed by atoms with van der Waals surface area (Å²) >= 11 is 10.8. The fourth-order valence-electron chi connectivity index (χ4n) is 1.77. The fourth-order valence-corrected chi connectivity index (χ4v) is 2.08. The number of nitrogens with one attached hydrogen (secondary N) is 1. The standard InChI is InChI=1S/C15H13ClN2O2S/c1-20-13-7-4-10(16)8-12(13)15(19)18-11-5-2-9(3-6-11)14(17)21/h2-8H,1H3,(H2,17,21)(H,18,19). The van der Waals surface area contributed by atoms with Crippen molar-refractivity contribution < 1.29 is 9.53 Å². The Morgan fingerprint density at radius 3 is 2.48 bits per heavy atom. The van der Waals surface area contributed by atoms with E-state index in [0.29, 0.717) is 27.0 Å². The lowest BCUT2D eigenvalue weighted by molar-refractivity contribution is 0.102. The van der Waals surface area contributed by atoms with E-state index in [1.54, 1.807) is 42.5 Å². The molecule has 0 heterocycles. The highest BCUT2D eigenvalue weighted by atomic mass is 35.5. The number of hydrogen-bond acceptors (Lipinski definition) is 3. The average Bonchev–Trinajstić information content (AvgIpc) is 2.47. The zero-order valence-corrected chi connectivity index (χ0v) is 12.8. The Morgan fingerprint density at radius 2 is 1.90 bits per heavy atom. The first kappa shape index (κ1) is 15.3. The molecule has 0 unspecified atom stereocenters. The number of ether oxygens (including phenoxy) is 1. The Bertz CT molecular complexity index is 687. The van der Waals surface area contributed by atoms with Gasteiger partial charge in [-0.05, 0) is 42.5 Å². The quantitative estimate of drug-likeness (QED) is 0.849. The third-order valence-corrected chi connectivity index (χ3v) is 3.30. The molecule has 6 heteroatoms. The van der Waals surface area contributed by atoms with Crippen molar-refractivity contribution in [3.05, 3.63) is 58.6 Å². The highest BCUT2D eigenvalue weighted by molar-refractivity contribution is 7.80. The number of thiocarbonyl (C=S) groups is 1. The lowest BCUT2D eigenvalue weighted by Crippen LogP contribution is -2.14. The van der Waals surface area contributed by atoms with Crippen molar-refractivity contribution in [3.63, 3.8) is 0 Å². The van der Waals surface area contributed by atoms with E-state index in [1.807, 2.05) is 0 Å². The maximum absolute atomic E-state index is 12.3. The molecular weight excluding hydrogens is 308 g/mol. The molecule has 0 spiro atoms. The van der Waals surface area contributed by atoms with Gasteiger partial charge in [-0.3, -0.25) is 4.79 Å². The van der Waals surface area contributed by atoms with Gasteiger partial charge >= 0.3 is 0 Å². The normalized spacial score (nSPS) is 10.0. The molecule has 0 saturated heterocycles. The lowest BCUT2D eigenvalue weighted by atomic mass is 10.1. The molecule has 0 aliphatic heterocycles. The third kappa shape index (κ3) is 3.71. The number of rotatable bonds is 4. The van der Waals surface area contributed by atoms with Crippen LogP contribution in [-0.4, -0.2) is 18.0 Å². The van der Waals surface area contributed by atoms with E-state index in [4.69, 9.17) is 34.3 Å². The van der Waals surface area contributed by atoms with Crippen molar-refractivity contribution in [2.24, 2.45) is 5.73 Å². The zero-order valence-electron chi connectivity index (χ0n) is 11.2. The van der Waals surface area contributed by atoms with Crippen molar-refractivity contribution in [1.82, 2.24) is 0 Å². The van der Waals surface area contributed by atoms with E-state index in [-0.39, 0.29) is 5.91 Å². The molecule has 0 fully saturated rings. The van der Waals surface area contributed by atoms with Crippen LogP contribution in [0.3, 0.4) is 0 Å². The number of carbonyl (C=O) groups is 1. The van der Waals surface area contributed by atoms with E-state index < -0.39 is 0 Å². The second-order valence-electron chi connectivity index (χ2n) is 4.24. The SMILES string of the molecule is COc1ccc(Cl)cc1C(=O)Nc1ccc(C(N)=S)cc1. The molecule has 0 saturated carbocycles. The minimum absolute atomic E-state index is 0.308. The molecule has 1 amide bonds.